The van der Waals surface area contributed by atoms with Crippen LogP contribution in [0.25, 0.3) is 11.0 Å². The van der Waals surface area contributed by atoms with E-state index < -0.39 is 22.4 Å². The van der Waals surface area contributed by atoms with Crippen LogP contribution in [0.4, 0.5) is 5.82 Å². The fourth-order valence-corrected chi connectivity index (χ4v) is 6.11. The van der Waals surface area contributed by atoms with Crippen molar-refractivity contribution in [3.05, 3.63) is 54.0 Å². The highest BCUT2D eigenvalue weighted by Crippen LogP contribution is 2.41. The molecule has 9 nitrogen and oxygen atoms in total. The molecule has 1 fully saturated rings. The maximum absolute atomic E-state index is 11.6. The summed E-state index contributed by atoms with van der Waals surface area (Å²) in [6.45, 7) is 2.21. The quantitative estimate of drug-likeness (QED) is 0.473. The minimum absolute atomic E-state index is 0.148. The molecule has 3 aromatic rings. The summed E-state index contributed by atoms with van der Waals surface area (Å²) in [7, 11) is -3.09. The molecule has 0 unspecified atom stereocenters. The topological polar surface area (TPSA) is 121 Å². The monoisotopic (exact) mass is 471 g/mol. The number of rotatable bonds is 6. The zero-order valence-corrected chi connectivity index (χ0v) is 19.5. The number of aliphatic hydroxyl groups excluding tert-OH is 1. The molecule has 2 aliphatic rings. The normalized spacial score (nSPS) is 27.4. The Labute approximate surface area is 193 Å². The number of aliphatic hydroxyl groups is 1. The van der Waals surface area contributed by atoms with E-state index in [9.17, 15) is 18.1 Å². The van der Waals surface area contributed by atoms with Gasteiger partial charge in [-0.05, 0) is 42.4 Å². The number of nitrogens with one attached hydrogen (secondary N) is 1. The van der Waals surface area contributed by atoms with Gasteiger partial charge in [-0.1, -0.05) is 37.6 Å². The van der Waals surface area contributed by atoms with Crippen LogP contribution in [0.5, 0.6) is 0 Å². The molecule has 0 bridgehead atoms. The van der Waals surface area contributed by atoms with Gasteiger partial charge in [-0.15, -0.1) is 0 Å². The molecular formula is C23H29N5O4S. The minimum atomic E-state index is -4.38. The maximum atomic E-state index is 11.6. The lowest BCUT2D eigenvalue weighted by Gasteiger charge is -2.23. The Kier molecular flexibility index (Phi) is 5.64. The molecular weight excluding hydrogens is 442 g/mol. The molecule has 5 atom stereocenters. The van der Waals surface area contributed by atoms with Crippen molar-refractivity contribution in [2.24, 2.45) is 5.92 Å². The van der Waals surface area contributed by atoms with E-state index in [4.69, 9.17) is 0 Å². The second kappa shape index (κ2) is 8.35. The van der Waals surface area contributed by atoms with Gasteiger partial charge in [0.1, 0.15) is 17.8 Å². The maximum Gasteiger partial charge on any atom is 0.335 e. The Morgan fingerprint density at radius 1 is 1.21 bits per heavy atom. The zero-order valence-electron chi connectivity index (χ0n) is 18.7. The van der Waals surface area contributed by atoms with Crippen LogP contribution in [0.15, 0.2) is 42.9 Å². The molecule has 0 saturated heterocycles. The summed E-state index contributed by atoms with van der Waals surface area (Å²) < 4.78 is 35.3. The third-order valence-corrected chi connectivity index (χ3v) is 8.36. The molecule has 10 heteroatoms. The predicted molar refractivity (Wildman–Crippen MR) is 125 cm³/mol. The number of aromatic nitrogens is 3. The highest BCUT2D eigenvalue weighted by molar-refractivity contribution is 7.83. The van der Waals surface area contributed by atoms with E-state index >= 15 is 0 Å². The molecule has 1 saturated carbocycles. The van der Waals surface area contributed by atoms with Crippen molar-refractivity contribution in [2.45, 2.75) is 56.8 Å². The molecule has 0 spiro atoms. The number of benzene rings is 1. The third-order valence-electron chi connectivity index (χ3n) is 7.37. The van der Waals surface area contributed by atoms with Crippen molar-refractivity contribution in [1.29, 1.82) is 0 Å². The van der Waals surface area contributed by atoms with Gasteiger partial charge in [-0.3, -0.25) is 4.55 Å². The highest BCUT2D eigenvalue weighted by Gasteiger charge is 2.40. The summed E-state index contributed by atoms with van der Waals surface area (Å²) in [5, 5.41) is 15.0. The Bertz CT molecular complexity index is 1280. The summed E-state index contributed by atoms with van der Waals surface area (Å²) in [6, 6.07) is 9.82. The predicted octanol–water partition coefficient (Wildman–Crippen LogP) is 2.97. The average molecular weight is 472 g/mol. The first-order valence-corrected chi connectivity index (χ1v) is 12.7. The highest BCUT2D eigenvalue weighted by atomic mass is 32.2. The van der Waals surface area contributed by atoms with Crippen LogP contribution in [0.1, 0.15) is 49.4 Å². The first-order chi connectivity index (χ1) is 15.8. The second-order valence-corrected chi connectivity index (χ2v) is 10.6. The van der Waals surface area contributed by atoms with Gasteiger partial charge in [0.2, 0.25) is 0 Å². The van der Waals surface area contributed by atoms with Gasteiger partial charge >= 0.3 is 10.3 Å². The number of hydrogen-bond acceptors (Lipinski definition) is 6. The van der Waals surface area contributed by atoms with Crippen molar-refractivity contribution in [1.82, 2.24) is 18.8 Å². The van der Waals surface area contributed by atoms with Gasteiger partial charge in [0.05, 0.1) is 23.6 Å². The lowest BCUT2D eigenvalue weighted by molar-refractivity contribution is 0.117. The largest absolute Gasteiger partial charge is 0.391 e. The van der Waals surface area contributed by atoms with Crippen LogP contribution < -0.4 is 5.32 Å². The van der Waals surface area contributed by atoms with Crippen LogP contribution in [0.2, 0.25) is 0 Å². The molecule has 1 aromatic carbocycles. The van der Waals surface area contributed by atoms with E-state index in [1.807, 2.05) is 16.8 Å². The summed E-state index contributed by atoms with van der Waals surface area (Å²) in [5.74, 6) is 1.25. The first kappa shape index (κ1) is 22.3. The van der Waals surface area contributed by atoms with E-state index in [-0.39, 0.29) is 12.1 Å². The van der Waals surface area contributed by atoms with Crippen LogP contribution >= 0.6 is 0 Å². The Morgan fingerprint density at radius 3 is 2.76 bits per heavy atom. The van der Waals surface area contributed by atoms with Crippen molar-refractivity contribution < 1.29 is 18.1 Å². The van der Waals surface area contributed by atoms with Crippen LogP contribution in [0.3, 0.4) is 0 Å². The Balaban J connectivity index is 1.44. The van der Waals surface area contributed by atoms with E-state index in [0.717, 1.165) is 34.0 Å². The van der Waals surface area contributed by atoms with Crippen LogP contribution in [-0.2, 0) is 16.7 Å². The number of hydrogen-bond donors (Lipinski definition) is 3. The molecule has 2 heterocycles. The van der Waals surface area contributed by atoms with Crippen molar-refractivity contribution in [2.75, 3.05) is 12.4 Å². The van der Waals surface area contributed by atoms with Crippen LogP contribution in [0, 0.1) is 5.92 Å². The molecule has 0 aliphatic heterocycles. The van der Waals surface area contributed by atoms with E-state index in [2.05, 4.69) is 46.5 Å². The fraction of sp³-hybridized carbons (Fsp3) is 0.478. The minimum Gasteiger partial charge on any atom is -0.391 e. The molecule has 176 valence electrons. The molecule has 0 radical (unpaired) electrons. The molecule has 33 heavy (non-hydrogen) atoms. The van der Waals surface area contributed by atoms with Crippen molar-refractivity contribution in [3.63, 3.8) is 0 Å². The summed E-state index contributed by atoms with van der Waals surface area (Å²) in [6.07, 6.45) is 5.43. The van der Waals surface area contributed by atoms with Gasteiger partial charge in [0.15, 0.2) is 0 Å². The number of fused-ring (bicyclic) bond motifs is 2. The van der Waals surface area contributed by atoms with Gasteiger partial charge in [0, 0.05) is 19.3 Å². The first-order valence-electron chi connectivity index (χ1n) is 11.3. The second-order valence-electron chi connectivity index (χ2n) is 9.13. The van der Waals surface area contributed by atoms with E-state index in [0.29, 0.717) is 18.8 Å². The molecule has 0 amide bonds. The standard InChI is InChI=1S/C23H29N5O4S/c1-3-14-10-15-6-4-5-7-17(15)21(14)26-22-18-8-9-28(23(18)25-13-24-22)16-11-19(20(29)12-16)27(2)33(30,31)32/h4-9,13-14,16,19-21,29H,3,10-12H2,1-2H3,(H,24,25,26)(H,30,31,32)/t14-,16+,19-,20-,21-/m0/s1. The third kappa shape index (κ3) is 3.90. The fourth-order valence-electron chi connectivity index (χ4n) is 5.54. The summed E-state index contributed by atoms with van der Waals surface area (Å²) in [5.41, 5.74) is 3.42. The lowest BCUT2D eigenvalue weighted by Crippen LogP contribution is -2.41. The SMILES string of the molecule is CC[C@H]1Cc2ccccc2[C@H]1Nc1ncnc2c1ccn2[C@H]1C[C@H](O)[C@@H](N(C)S(=O)(=O)O)C1. The van der Waals surface area contributed by atoms with Crippen molar-refractivity contribution >= 4 is 27.2 Å². The summed E-state index contributed by atoms with van der Waals surface area (Å²) in [4.78, 5) is 9.03. The molecule has 2 aromatic heterocycles. The molecule has 2 aliphatic carbocycles. The molecule has 5 rings (SSSR count). The number of nitrogens with zero attached hydrogens (tertiary/aromatic N) is 4. The number of anilines is 1. The Hall–Kier alpha value is -2.53. The smallest absolute Gasteiger partial charge is 0.335 e. The van der Waals surface area contributed by atoms with E-state index in [1.54, 1.807) is 0 Å². The van der Waals surface area contributed by atoms with Gasteiger partial charge in [-0.25, -0.2) is 9.97 Å². The lowest BCUT2D eigenvalue weighted by atomic mass is 9.98. The van der Waals surface area contributed by atoms with Crippen LogP contribution in [-0.4, -0.2) is 56.1 Å². The molecule has 3 N–H and O–H groups in total. The van der Waals surface area contributed by atoms with Gasteiger partial charge < -0.3 is 15.0 Å². The van der Waals surface area contributed by atoms with Crippen molar-refractivity contribution in [3.8, 4) is 0 Å². The zero-order chi connectivity index (χ0) is 23.3. The van der Waals surface area contributed by atoms with Gasteiger partial charge in [0.25, 0.3) is 0 Å². The summed E-state index contributed by atoms with van der Waals surface area (Å²) >= 11 is 0. The Morgan fingerprint density at radius 2 is 2.00 bits per heavy atom. The number of likely N-dealkylation sites (N-methyl/N-ethyl adjacent to an activating group) is 1. The van der Waals surface area contributed by atoms with Gasteiger partial charge in [-0.2, -0.15) is 12.7 Å². The van der Waals surface area contributed by atoms with E-state index in [1.165, 1.54) is 24.5 Å². The average Bonchev–Trinajstić information content (AvgIpc) is 3.48.